The van der Waals surface area contributed by atoms with Gasteiger partial charge in [0.05, 0.1) is 30.3 Å². The number of fused-ring (bicyclic) bond motifs is 1. The number of carbonyl (C=O) groups is 1. The van der Waals surface area contributed by atoms with Crippen molar-refractivity contribution in [1.82, 2.24) is 24.5 Å². The highest BCUT2D eigenvalue weighted by molar-refractivity contribution is 5.93. The molecule has 3 aromatic heterocycles. The van der Waals surface area contributed by atoms with Gasteiger partial charge in [-0.2, -0.15) is 0 Å². The molecule has 140 valence electrons. The zero-order chi connectivity index (χ0) is 18.8. The lowest BCUT2D eigenvalue weighted by Gasteiger charge is -2.31. The van der Waals surface area contributed by atoms with Crippen LogP contribution < -0.4 is 4.74 Å². The molecular weight excluding hydrogens is 349 g/mol. The van der Waals surface area contributed by atoms with E-state index in [1.807, 2.05) is 25.3 Å². The van der Waals surface area contributed by atoms with Crippen molar-refractivity contribution in [3.8, 4) is 5.88 Å². The number of aromatic nitrogens is 4. The predicted molar refractivity (Wildman–Crippen MR) is 96.0 cm³/mol. The van der Waals surface area contributed by atoms with E-state index in [1.54, 1.807) is 9.42 Å². The van der Waals surface area contributed by atoms with Gasteiger partial charge >= 0.3 is 0 Å². The quantitative estimate of drug-likeness (QED) is 0.707. The lowest BCUT2D eigenvalue weighted by molar-refractivity contribution is 0.0658. The van der Waals surface area contributed by atoms with Crippen LogP contribution in [0.25, 0.3) is 5.65 Å². The van der Waals surface area contributed by atoms with Crippen molar-refractivity contribution < 1.29 is 13.9 Å². The first-order valence-corrected chi connectivity index (χ1v) is 8.94. The largest absolute Gasteiger partial charge is 0.476 e. The number of halogens is 1. The number of likely N-dealkylation sites (tertiary alicyclic amines) is 1. The van der Waals surface area contributed by atoms with Crippen LogP contribution in [0.4, 0.5) is 4.39 Å². The molecule has 0 saturated carbocycles. The molecule has 0 bridgehead atoms. The Morgan fingerprint density at radius 3 is 2.89 bits per heavy atom. The fourth-order valence-electron chi connectivity index (χ4n) is 3.28. The maximum absolute atomic E-state index is 13.3. The first-order chi connectivity index (χ1) is 13.1. The van der Waals surface area contributed by atoms with Gasteiger partial charge in [0.1, 0.15) is 5.82 Å². The molecule has 1 saturated heterocycles. The third-order valence-electron chi connectivity index (χ3n) is 4.74. The molecule has 1 aliphatic heterocycles. The van der Waals surface area contributed by atoms with Crippen LogP contribution in [-0.4, -0.2) is 50.1 Å². The number of aryl methyl sites for hydroxylation is 1. The van der Waals surface area contributed by atoms with Crippen LogP contribution in [-0.2, 0) is 0 Å². The van der Waals surface area contributed by atoms with E-state index in [0.29, 0.717) is 31.5 Å². The Morgan fingerprint density at radius 2 is 2.11 bits per heavy atom. The molecular formula is C19H20FN5O2. The molecule has 0 spiro atoms. The zero-order valence-corrected chi connectivity index (χ0v) is 15.0. The topological polar surface area (TPSA) is 72.6 Å². The number of hydrogen-bond donors (Lipinski definition) is 0. The van der Waals surface area contributed by atoms with Crippen molar-refractivity contribution in [3.63, 3.8) is 0 Å². The van der Waals surface area contributed by atoms with Crippen molar-refractivity contribution in [1.29, 1.82) is 0 Å². The van der Waals surface area contributed by atoms with E-state index in [0.717, 1.165) is 30.4 Å². The van der Waals surface area contributed by atoms with Gasteiger partial charge in [-0.15, -0.1) is 5.10 Å². The van der Waals surface area contributed by atoms with Gasteiger partial charge in [-0.1, -0.05) is 0 Å². The van der Waals surface area contributed by atoms with Gasteiger partial charge in [0.15, 0.2) is 5.65 Å². The second kappa shape index (κ2) is 7.30. The molecule has 0 aliphatic carbocycles. The minimum Gasteiger partial charge on any atom is -0.476 e. The number of rotatable bonds is 4. The van der Waals surface area contributed by atoms with Crippen molar-refractivity contribution in [3.05, 3.63) is 53.9 Å². The summed E-state index contributed by atoms with van der Waals surface area (Å²) in [4.78, 5) is 22.3. The van der Waals surface area contributed by atoms with Crippen LogP contribution in [0.2, 0.25) is 0 Å². The third-order valence-corrected chi connectivity index (χ3v) is 4.74. The maximum atomic E-state index is 13.3. The summed E-state index contributed by atoms with van der Waals surface area (Å²) in [6.45, 7) is 3.72. The predicted octanol–water partition coefficient (Wildman–Crippen LogP) is 2.50. The van der Waals surface area contributed by atoms with Gasteiger partial charge in [0.2, 0.25) is 5.88 Å². The summed E-state index contributed by atoms with van der Waals surface area (Å²) in [5.74, 6) is 0.233. The van der Waals surface area contributed by atoms with Gasteiger partial charge in [0.25, 0.3) is 5.91 Å². The van der Waals surface area contributed by atoms with Crippen molar-refractivity contribution in [2.75, 3.05) is 19.7 Å². The summed E-state index contributed by atoms with van der Waals surface area (Å²) in [7, 11) is 0. The van der Waals surface area contributed by atoms with Crippen molar-refractivity contribution in [2.45, 2.75) is 19.8 Å². The van der Waals surface area contributed by atoms with Crippen LogP contribution >= 0.6 is 0 Å². The van der Waals surface area contributed by atoms with Crippen LogP contribution in [0.3, 0.4) is 0 Å². The van der Waals surface area contributed by atoms with Gasteiger partial charge in [-0.3, -0.25) is 9.78 Å². The Labute approximate surface area is 155 Å². The molecule has 27 heavy (non-hydrogen) atoms. The van der Waals surface area contributed by atoms with E-state index < -0.39 is 5.82 Å². The average Bonchev–Trinajstić information content (AvgIpc) is 3.05. The van der Waals surface area contributed by atoms with E-state index in [4.69, 9.17) is 4.74 Å². The standard InChI is InChI=1S/C19H20FN5O2/c1-13-11-25-17(22-13)2-3-18(23-25)27-12-14-4-6-24(7-5-14)19(26)15-8-16(20)10-21-9-15/h2-3,8-11,14H,4-7,12H2,1H3. The first kappa shape index (κ1) is 17.4. The number of ether oxygens (including phenoxy) is 1. The van der Waals surface area contributed by atoms with Crippen molar-refractivity contribution >= 4 is 11.6 Å². The maximum Gasteiger partial charge on any atom is 0.255 e. The summed E-state index contributed by atoms with van der Waals surface area (Å²) in [5, 5.41) is 4.40. The molecule has 0 aromatic carbocycles. The normalized spacial score (nSPS) is 15.3. The van der Waals surface area contributed by atoms with E-state index in [2.05, 4.69) is 15.1 Å². The Hall–Kier alpha value is -3.03. The SMILES string of the molecule is Cc1cn2nc(OCC3CCN(C(=O)c4cncc(F)c4)CC3)ccc2n1. The second-order valence-corrected chi connectivity index (χ2v) is 6.80. The fourth-order valence-corrected chi connectivity index (χ4v) is 3.28. The van der Waals surface area contributed by atoms with Crippen LogP contribution in [0.5, 0.6) is 5.88 Å². The number of amides is 1. The van der Waals surface area contributed by atoms with E-state index in [1.165, 1.54) is 12.3 Å². The highest BCUT2D eigenvalue weighted by Crippen LogP contribution is 2.20. The molecule has 8 heteroatoms. The number of nitrogens with zero attached hydrogens (tertiary/aromatic N) is 5. The molecule has 0 atom stereocenters. The van der Waals surface area contributed by atoms with Gasteiger partial charge in [-0.05, 0) is 37.8 Å². The smallest absolute Gasteiger partial charge is 0.255 e. The number of hydrogen-bond acceptors (Lipinski definition) is 5. The molecule has 0 unspecified atom stereocenters. The van der Waals surface area contributed by atoms with Gasteiger partial charge < -0.3 is 9.64 Å². The summed E-state index contributed by atoms with van der Waals surface area (Å²) in [6, 6.07) is 4.92. The number of imidazole rings is 1. The Bertz CT molecular complexity index is 966. The molecule has 7 nitrogen and oxygen atoms in total. The first-order valence-electron chi connectivity index (χ1n) is 8.94. The highest BCUT2D eigenvalue weighted by atomic mass is 19.1. The molecule has 0 N–H and O–H groups in total. The lowest BCUT2D eigenvalue weighted by atomic mass is 9.97. The molecule has 1 amide bonds. The minimum absolute atomic E-state index is 0.177. The monoisotopic (exact) mass is 369 g/mol. The summed E-state index contributed by atoms with van der Waals surface area (Å²) >= 11 is 0. The van der Waals surface area contributed by atoms with E-state index in [-0.39, 0.29) is 11.5 Å². The third kappa shape index (κ3) is 3.89. The highest BCUT2D eigenvalue weighted by Gasteiger charge is 2.24. The zero-order valence-electron chi connectivity index (χ0n) is 15.0. The molecule has 4 heterocycles. The van der Waals surface area contributed by atoms with Gasteiger partial charge in [0, 0.05) is 25.4 Å². The fraction of sp³-hybridized carbons (Fsp3) is 0.368. The minimum atomic E-state index is -0.498. The molecule has 0 radical (unpaired) electrons. The second-order valence-electron chi connectivity index (χ2n) is 6.80. The number of pyridine rings is 1. The Morgan fingerprint density at radius 1 is 1.30 bits per heavy atom. The van der Waals surface area contributed by atoms with E-state index >= 15 is 0 Å². The summed E-state index contributed by atoms with van der Waals surface area (Å²) in [6.07, 6.45) is 6.02. The molecule has 1 aliphatic rings. The summed E-state index contributed by atoms with van der Waals surface area (Å²) in [5.41, 5.74) is 1.99. The van der Waals surface area contributed by atoms with Crippen LogP contribution in [0.15, 0.2) is 36.8 Å². The van der Waals surface area contributed by atoms with E-state index in [9.17, 15) is 9.18 Å². The summed E-state index contributed by atoms with van der Waals surface area (Å²) < 4.78 is 20.8. The molecule has 3 aromatic rings. The lowest BCUT2D eigenvalue weighted by Crippen LogP contribution is -2.39. The number of piperidine rings is 1. The van der Waals surface area contributed by atoms with Gasteiger partial charge in [-0.25, -0.2) is 13.9 Å². The molecule has 4 rings (SSSR count). The average molecular weight is 369 g/mol. The molecule has 1 fully saturated rings. The number of carbonyl (C=O) groups excluding carboxylic acids is 1. The van der Waals surface area contributed by atoms with Crippen molar-refractivity contribution in [2.24, 2.45) is 5.92 Å². The Balaban J connectivity index is 1.30. The Kier molecular flexibility index (Phi) is 4.70. The van der Waals surface area contributed by atoms with Crippen LogP contribution in [0.1, 0.15) is 28.9 Å². The van der Waals surface area contributed by atoms with Crippen LogP contribution in [0, 0.1) is 18.7 Å².